The lowest BCUT2D eigenvalue weighted by atomic mass is 9.90. The molecule has 13 heteroatoms. The molecular formula is C48H87NO11P+. The highest BCUT2D eigenvalue weighted by Gasteiger charge is 2.39. The van der Waals surface area contributed by atoms with Crippen molar-refractivity contribution in [2.75, 3.05) is 47.5 Å². The maximum Gasteiger partial charge on any atom is 0.472 e. The maximum atomic E-state index is 12.8. The van der Waals surface area contributed by atoms with Crippen LogP contribution in [0.1, 0.15) is 174 Å². The van der Waals surface area contributed by atoms with Gasteiger partial charge in [0.2, 0.25) is 0 Å². The number of carbonyl (C=O) groups is 3. The van der Waals surface area contributed by atoms with Gasteiger partial charge in [0.25, 0.3) is 0 Å². The van der Waals surface area contributed by atoms with Crippen LogP contribution in [0.25, 0.3) is 0 Å². The molecule has 0 aromatic carbocycles. The number of quaternary nitrogens is 1. The molecule has 1 fully saturated rings. The molecule has 0 amide bonds. The summed E-state index contributed by atoms with van der Waals surface area (Å²) >= 11 is 0. The number of phosphoric acid groups is 1. The molecule has 12 nitrogen and oxygen atoms in total. The largest absolute Gasteiger partial charge is 0.472 e. The number of carbonyl (C=O) groups excluding carboxylic acids is 3. The Balaban J connectivity index is 2.47. The fraction of sp³-hybridized carbons (Fsp3) is 0.812. The molecule has 0 aromatic heterocycles. The van der Waals surface area contributed by atoms with Crippen LogP contribution < -0.4 is 0 Å². The van der Waals surface area contributed by atoms with Crippen LogP contribution in [0.2, 0.25) is 0 Å². The van der Waals surface area contributed by atoms with E-state index in [2.05, 4.69) is 26.0 Å². The summed E-state index contributed by atoms with van der Waals surface area (Å²) in [4.78, 5) is 48.1. The Morgan fingerprint density at radius 1 is 0.754 bits per heavy atom. The molecule has 0 heterocycles. The van der Waals surface area contributed by atoms with E-state index in [1.165, 1.54) is 64.2 Å². The van der Waals surface area contributed by atoms with Gasteiger partial charge in [-0.2, -0.15) is 0 Å². The smallest absolute Gasteiger partial charge is 0.462 e. The lowest BCUT2D eigenvalue weighted by Gasteiger charge is -2.24. The predicted molar refractivity (Wildman–Crippen MR) is 244 cm³/mol. The number of hydrogen-bond donors (Lipinski definition) is 3. The topological polar surface area (TPSA) is 166 Å². The quantitative estimate of drug-likeness (QED) is 0.0177. The Morgan fingerprint density at radius 3 is 1.95 bits per heavy atom. The summed E-state index contributed by atoms with van der Waals surface area (Å²) in [5.41, 5.74) is 0. The molecule has 0 aliphatic heterocycles. The van der Waals surface area contributed by atoms with Gasteiger partial charge in [-0.3, -0.25) is 23.4 Å². The molecule has 0 bridgehead atoms. The van der Waals surface area contributed by atoms with Crippen LogP contribution in [0.4, 0.5) is 0 Å². The number of ketones is 1. The molecule has 0 aromatic rings. The molecule has 6 atom stereocenters. The Labute approximate surface area is 370 Å². The first-order valence-corrected chi connectivity index (χ1v) is 25.3. The van der Waals surface area contributed by atoms with Crippen molar-refractivity contribution in [2.24, 2.45) is 11.8 Å². The van der Waals surface area contributed by atoms with Crippen LogP contribution in [-0.2, 0) is 37.5 Å². The molecule has 3 N–H and O–H groups in total. The number of hydrogen-bond acceptors (Lipinski definition) is 10. The summed E-state index contributed by atoms with van der Waals surface area (Å²) in [6, 6.07) is 0. The van der Waals surface area contributed by atoms with Gasteiger partial charge in [0.15, 0.2) is 6.10 Å². The summed E-state index contributed by atoms with van der Waals surface area (Å²) < 4.78 is 34.3. The molecular weight excluding hydrogens is 797 g/mol. The zero-order chi connectivity index (χ0) is 45.2. The third-order valence-corrected chi connectivity index (χ3v) is 12.0. The average Bonchev–Trinajstić information content (AvgIpc) is 3.47. The number of nitrogens with zero attached hydrogens (tertiary/aromatic N) is 1. The first kappa shape index (κ1) is 56.8. The Bertz CT molecular complexity index is 1300. The van der Waals surface area contributed by atoms with Crippen molar-refractivity contribution in [1.82, 2.24) is 0 Å². The van der Waals surface area contributed by atoms with E-state index in [9.17, 15) is 34.1 Å². The van der Waals surface area contributed by atoms with Gasteiger partial charge in [0.1, 0.15) is 25.5 Å². The van der Waals surface area contributed by atoms with E-state index >= 15 is 0 Å². The van der Waals surface area contributed by atoms with E-state index in [4.69, 9.17) is 18.5 Å². The van der Waals surface area contributed by atoms with Crippen molar-refractivity contribution in [3.63, 3.8) is 0 Å². The molecule has 1 unspecified atom stereocenters. The number of phosphoric ester groups is 1. The molecule has 0 radical (unpaired) electrons. The zero-order valence-electron chi connectivity index (χ0n) is 38.9. The number of allylic oxidation sites excluding steroid dienone is 5. The lowest BCUT2D eigenvalue weighted by Crippen LogP contribution is -2.37. The van der Waals surface area contributed by atoms with Crippen molar-refractivity contribution >= 4 is 25.5 Å². The van der Waals surface area contributed by atoms with Crippen LogP contribution in [-0.4, -0.2) is 103 Å². The summed E-state index contributed by atoms with van der Waals surface area (Å²) in [7, 11) is 1.33. The number of aliphatic hydroxyl groups is 2. The van der Waals surface area contributed by atoms with Gasteiger partial charge >= 0.3 is 19.8 Å². The van der Waals surface area contributed by atoms with Crippen molar-refractivity contribution in [3.8, 4) is 0 Å². The highest BCUT2D eigenvalue weighted by molar-refractivity contribution is 7.47. The van der Waals surface area contributed by atoms with Gasteiger partial charge in [0, 0.05) is 31.1 Å². The van der Waals surface area contributed by atoms with E-state index in [-0.39, 0.29) is 44.2 Å². The normalized spacial score (nSPS) is 19.3. The third kappa shape index (κ3) is 32.2. The predicted octanol–water partition coefficient (Wildman–Crippen LogP) is 10.3. The van der Waals surface area contributed by atoms with Gasteiger partial charge in [0.05, 0.1) is 40.0 Å². The summed E-state index contributed by atoms with van der Waals surface area (Å²) in [6.45, 7) is 4.01. The molecule has 61 heavy (non-hydrogen) atoms. The lowest BCUT2D eigenvalue weighted by molar-refractivity contribution is -0.870. The van der Waals surface area contributed by atoms with E-state index in [0.717, 1.165) is 44.9 Å². The van der Waals surface area contributed by atoms with Crippen molar-refractivity contribution < 1.29 is 57.1 Å². The number of esters is 2. The maximum absolute atomic E-state index is 12.8. The number of unbranched alkanes of at least 4 members (excludes halogenated alkanes) is 16. The molecule has 1 saturated carbocycles. The van der Waals surface area contributed by atoms with E-state index in [1.807, 2.05) is 33.3 Å². The zero-order valence-corrected chi connectivity index (χ0v) is 39.8. The number of ether oxygens (including phenoxy) is 2. The van der Waals surface area contributed by atoms with Crippen molar-refractivity contribution in [1.29, 1.82) is 0 Å². The fourth-order valence-corrected chi connectivity index (χ4v) is 7.91. The van der Waals surface area contributed by atoms with Crippen LogP contribution in [0.15, 0.2) is 36.5 Å². The summed E-state index contributed by atoms with van der Waals surface area (Å²) in [6.07, 6.45) is 32.7. The molecule has 0 spiro atoms. The molecule has 1 aliphatic carbocycles. The second-order valence-electron chi connectivity index (χ2n) is 17.9. The standard InChI is InChI=1S/C48H86NO11P/c1-6-8-10-11-12-13-14-15-16-17-18-19-20-21-22-23-29-33-48(54)60-42(40-59-61(55,56)58-37-36-49(3,4)5)39-57-47(53)32-28-25-24-27-31-43-44(46(52)38-45(43)51)35-34-41(50)30-26-9-7-2/h15-16,24,27,34-35,41-45,50-51H,6-14,17-23,25-26,28-33,36-40H2,1-5H3/p+1/b16-15-,27-24-,35-34+/t41-,42+,43+,44+,45-/m0/s1. The van der Waals surface area contributed by atoms with Crippen LogP contribution in [0.3, 0.4) is 0 Å². The molecule has 1 aliphatic rings. The van der Waals surface area contributed by atoms with E-state index < -0.39 is 50.6 Å². The fourth-order valence-electron chi connectivity index (χ4n) is 7.17. The third-order valence-electron chi connectivity index (χ3n) is 11.0. The van der Waals surface area contributed by atoms with E-state index in [0.29, 0.717) is 43.1 Å². The second kappa shape index (κ2) is 35.2. The van der Waals surface area contributed by atoms with Crippen LogP contribution in [0.5, 0.6) is 0 Å². The van der Waals surface area contributed by atoms with Crippen LogP contribution >= 0.6 is 7.82 Å². The number of likely N-dealkylation sites (N-methyl/N-ethyl adjacent to an activating group) is 1. The second-order valence-corrected chi connectivity index (χ2v) is 19.4. The van der Waals surface area contributed by atoms with E-state index in [1.54, 1.807) is 12.2 Å². The minimum absolute atomic E-state index is 0.0121. The summed E-state index contributed by atoms with van der Waals surface area (Å²) in [5.74, 6) is -1.73. The van der Waals surface area contributed by atoms with Crippen molar-refractivity contribution in [2.45, 2.75) is 193 Å². The van der Waals surface area contributed by atoms with Crippen LogP contribution in [0, 0.1) is 11.8 Å². The van der Waals surface area contributed by atoms with Crippen molar-refractivity contribution in [3.05, 3.63) is 36.5 Å². The Hall–Kier alpha value is -2.18. The minimum Gasteiger partial charge on any atom is -0.462 e. The first-order valence-electron chi connectivity index (χ1n) is 23.8. The molecule has 1 rings (SSSR count). The number of Topliss-reactive ketones (excluding diaryl/α,β-unsaturated/α-hetero) is 1. The van der Waals surface area contributed by atoms with Gasteiger partial charge < -0.3 is 29.1 Å². The van der Waals surface area contributed by atoms with Gasteiger partial charge in [-0.05, 0) is 57.8 Å². The SMILES string of the molecule is CCCCCCCC/C=C\CCCCCCCCCC(=O)O[C@H](COC(=O)CCC/C=C\C[C@H]1[C@@H](O)CC(=O)[C@@H]1/C=C/[C@@H](O)CCCCC)COP(=O)(O)OCC[N+](C)(C)C. The van der Waals surface area contributed by atoms with Gasteiger partial charge in [-0.25, -0.2) is 4.57 Å². The first-order chi connectivity index (χ1) is 29.2. The minimum atomic E-state index is -4.44. The number of rotatable bonds is 39. The molecule has 0 saturated heterocycles. The van der Waals surface area contributed by atoms with Gasteiger partial charge in [-0.15, -0.1) is 0 Å². The molecule has 354 valence electrons. The Morgan fingerprint density at radius 2 is 1.31 bits per heavy atom. The van der Waals surface area contributed by atoms with Gasteiger partial charge in [-0.1, -0.05) is 134 Å². The number of aliphatic hydroxyl groups excluding tert-OH is 2. The highest BCUT2D eigenvalue weighted by atomic mass is 31.2. The summed E-state index contributed by atoms with van der Waals surface area (Å²) in [5, 5.41) is 20.8. The highest BCUT2D eigenvalue weighted by Crippen LogP contribution is 2.43. The monoisotopic (exact) mass is 885 g/mol. The Kier molecular flexibility index (Phi) is 32.8. The average molecular weight is 885 g/mol.